The molecule has 0 aliphatic heterocycles. The van der Waals surface area contributed by atoms with Crippen LogP contribution in [0, 0.1) is 17.2 Å². The molecule has 0 aromatic carbocycles. The van der Waals surface area contributed by atoms with Crippen molar-refractivity contribution in [3.05, 3.63) is 22.9 Å². The summed E-state index contributed by atoms with van der Waals surface area (Å²) in [6.45, 7) is 0.941. The van der Waals surface area contributed by atoms with Crippen LogP contribution in [0.3, 0.4) is 0 Å². The van der Waals surface area contributed by atoms with Crippen LogP contribution in [0.5, 0.6) is 0 Å². The highest BCUT2D eigenvalue weighted by atomic mass is 15.0. The summed E-state index contributed by atoms with van der Waals surface area (Å²) in [6, 6.07) is 4.33. The number of hydrogen-bond donors (Lipinski definition) is 1. The van der Waals surface area contributed by atoms with Gasteiger partial charge >= 0.3 is 0 Å². The molecule has 0 atom stereocenters. The summed E-state index contributed by atoms with van der Waals surface area (Å²) in [4.78, 5) is 4.68. The molecule has 0 unspecified atom stereocenters. The number of nitrogens with zero attached hydrogens (tertiary/aromatic N) is 2. The third-order valence-corrected chi connectivity index (χ3v) is 4.20. The van der Waals surface area contributed by atoms with E-state index in [0.717, 1.165) is 31.1 Å². The maximum atomic E-state index is 9.24. The molecule has 1 aromatic rings. The van der Waals surface area contributed by atoms with Crippen molar-refractivity contribution < 1.29 is 0 Å². The summed E-state index contributed by atoms with van der Waals surface area (Å²) in [6.07, 6.45) is 9.95. The first-order valence-corrected chi connectivity index (χ1v) is 7.53. The average molecular weight is 255 g/mol. The number of rotatable bonds is 5. The topological polar surface area (TPSA) is 48.7 Å². The van der Waals surface area contributed by atoms with Crippen molar-refractivity contribution in [3.8, 4) is 6.07 Å². The van der Waals surface area contributed by atoms with Gasteiger partial charge in [0.1, 0.15) is 11.9 Å². The van der Waals surface area contributed by atoms with Gasteiger partial charge < -0.3 is 5.32 Å². The Labute approximate surface area is 115 Å². The number of nitriles is 1. The zero-order chi connectivity index (χ0) is 13.1. The summed E-state index contributed by atoms with van der Waals surface area (Å²) < 4.78 is 0. The van der Waals surface area contributed by atoms with E-state index in [9.17, 15) is 5.26 Å². The number of fused-ring (bicyclic) bond motifs is 1. The van der Waals surface area contributed by atoms with Gasteiger partial charge in [-0.1, -0.05) is 12.8 Å². The highest BCUT2D eigenvalue weighted by molar-refractivity contribution is 5.54. The predicted octanol–water partition coefficient (Wildman–Crippen LogP) is 3.43. The quantitative estimate of drug-likeness (QED) is 0.820. The van der Waals surface area contributed by atoms with Crippen LogP contribution in [-0.2, 0) is 12.8 Å². The van der Waals surface area contributed by atoms with E-state index in [0.29, 0.717) is 5.56 Å². The van der Waals surface area contributed by atoms with Crippen molar-refractivity contribution >= 4 is 5.82 Å². The summed E-state index contributed by atoms with van der Waals surface area (Å²) in [7, 11) is 0. The molecule has 0 radical (unpaired) electrons. The first-order chi connectivity index (χ1) is 9.36. The SMILES string of the molecule is N#Cc1cc2c(nc1NCCCC1CC1)CCCC2. The van der Waals surface area contributed by atoms with Gasteiger partial charge in [0.05, 0.1) is 5.56 Å². The molecule has 19 heavy (non-hydrogen) atoms. The van der Waals surface area contributed by atoms with Gasteiger partial charge in [-0.2, -0.15) is 5.26 Å². The summed E-state index contributed by atoms with van der Waals surface area (Å²) in [5.74, 6) is 1.78. The second-order valence-corrected chi connectivity index (χ2v) is 5.82. The van der Waals surface area contributed by atoms with Crippen LogP contribution >= 0.6 is 0 Å². The minimum absolute atomic E-state index is 0.715. The van der Waals surface area contributed by atoms with Crippen molar-refractivity contribution in [1.82, 2.24) is 4.98 Å². The summed E-state index contributed by atoms with van der Waals surface area (Å²) in [5, 5.41) is 12.6. The third-order valence-electron chi connectivity index (χ3n) is 4.20. The smallest absolute Gasteiger partial charge is 0.144 e. The first kappa shape index (κ1) is 12.5. The van der Waals surface area contributed by atoms with Crippen molar-refractivity contribution in [3.63, 3.8) is 0 Å². The van der Waals surface area contributed by atoms with E-state index in [1.165, 1.54) is 49.8 Å². The molecule has 0 saturated heterocycles. The average Bonchev–Trinajstić information content (AvgIpc) is 3.27. The van der Waals surface area contributed by atoms with E-state index in [1.807, 2.05) is 6.07 Å². The van der Waals surface area contributed by atoms with Crippen molar-refractivity contribution in [2.75, 3.05) is 11.9 Å². The standard InChI is InChI=1S/C16H21N3/c17-11-14-10-13-5-1-2-6-15(13)19-16(14)18-9-3-4-12-7-8-12/h10,12H,1-9H2,(H,18,19). The molecule has 0 bridgehead atoms. The highest BCUT2D eigenvalue weighted by Crippen LogP contribution is 2.33. The number of hydrogen-bond acceptors (Lipinski definition) is 3. The normalized spacial score (nSPS) is 17.6. The number of anilines is 1. The van der Waals surface area contributed by atoms with Crippen LogP contribution in [-0.4, -0.2) is 11.5 Å². The van der Waals surface area contributed by atoms with Gasteiger partial charge in [-0.25, -0.2) is 4.98 Å². The van der Waals surface area contributed by atoms with Crippen molar-refractivity contribution in [2.24, 2.45) is 5.92 Å². The van der Waals surface area contributed by atoms with Crippen molar-refractivity contribution in [2.45, 2.75) is 51.4 Å². The molecule has 1 N–H and O–H groups in total. The van der Waals surface area contributed by atoms with Gasteiger partial charge in [0.2, 0.25) is 0 Å². The van der Waals surface area contributed by atoms with E-state index in [2.05, 4.69) is 16.4 Å². The van der Waals surface area contributed by atoms with Crippen LogP contribution in [0.25, 0.3) is 0 Å². The van der Waals surface area contributed by atoms with E-state index >= 15 is 0 Å². The molecule has 2 aliphatic carbocycles. The fourth-order valence-corrected chi connectivity index (χ4v) is 2.86. The monoisotopic (exact) mass is 255 g/mol. The maximum Gasteiger partial charge on any atom is 0.144 e. The Balaban J connectivity index is 1.66. The van der Waals surface area contributed by atoms with Gasteiger partial charge in [-0.3, -0.25) is 0 Å². The highest BCUT2D eigenvalue weighted by Gasteiger charge is 2.20. The number of aryl methyl sites for hydroxylation is 2. The van der Waals surface area contributed by atoms with Crippen LogP contribution in [0.2, 0.25) is 0 Å². The maximum absolute atomic E-state index is 9.24. The molecule has 0 amide bonds. The molecule has 1 fully saturated rings. The Morgan fingerprint density at radius 2 is 2.16 bits per heavy atom. The van der Waals surface area contributed by atoms with Crippen LogP contribution in [0.1, 0.15) is 55.3 Å². The van der Waals surface area contributed by atoms with Crippen LogP contribution in [0.15, 0.2) is 6.07 Å². The lowest BCUT2D eigenvalue weighted by molar-refractivity contribution is 0.665. The predicted molar refractivity (Wildman–Crippen MR) is 76.0 cm³/mol. The first-order valence-electron chi connectivity index (χ1n) is 7.53. The number of aromatic nitrogens is 1. The van der Waals surface area contributed by atoms with Crippen LogP contribution < -0.4 is 5.32 Å². The minimum Gasteiger partial charge on any atom is -0.369 e. The minimum atomic E-state index is 0.715. The van der Waals surface area contributed by atoms with Gasteiger partial charge in [-0.15, -0.1) is 0 Å². The molecular formula is C16H21N3. The largest absolute Gasteiger partial charge is 0.369 e. The molecular weight excluding hydrogens is 234 g/mol. The number of nitrogens with one attached hydrogen (secondary N) is 1. The van der Waals surface area contributed by atoms with Crippen molar-refractivity contribution in [1.29, 1.82) is 5.26 Å². The fourth-order valence-electron chi connectivity index (χ4n) is 2.86. The van der Waals surface area contributed by atoms with Crippen LogP contribution in [0.4, 0.5) is 5.82 Å². The zero-order valence-corrected chi connectivity index (χ0v) is 11.4. The van der Waals surface area contributed by atoms with E-state index in [4.69, 9.17) is 0 Å². The number of pyridine rings is 1. The molecule has 0 spiro atoms. The Morgan fingerprint density at radius 1 is 1.32 bits per heavy atom. The molecule has 3 heteroatoms. The van der Waals surface area contributed by atoms with Gasteiger partial charge in [0.25, 0.3) is 0 Å². The Kier molecular flexibility index (Phi) is 3.68. The Hall–Kier alpha value is -1.56. The second-order valence-electron chi connectivity index (χ2n) is 5.82. The lowest BCUT2D eigenvalue weighted by atomic mass is 9.95. The van der Waals surface area contributed by atoms with E-state index in [1.54, 1.807) is 0 Å². The Morgan fingerprint density at radius 3 is 2.95 bits per heavy atom. The molecule has 100 valence electrons. The third kappa shape index (κ3) is 3.07. The molecule has 3 nitrogen and oxygen atoms in total. The lowest BCUT2D eigenvalue weighted by Crippen LogP contribution is -2.11. The molecule has 3 rings (SSSR count). The molecule has 1 aromatic heterocycles. The van der Waals surface area contributed by atoms with Gasteiger partial charge in [0, 0.05) is 12.2 Å². The summed E-state index contributed by atoms with van der Waals surface area (Å²) in [5.41, 5.74) is 3.20. The van der Waals surface area contributed by atoms with E-state index < -0.39 is 0 Å². The lowest BCUT2D eigenvalue weighted by Gasteiger charge is -2.17. The summed E-state index contributed by atoms with van der Waals surface area (Å²) >= 11 is 0. The molecule has 1 saturated carbocycles. The Bertz CT molecular complexity index is 497. The molecule has 2 aliphatic rings. The fraction of sp³-hybridized carbons (Fsp3) is 0.625. The van der Waals surface area contributed by atoms with Gasteiger partial charge in [-0.05, 0) is 56.1 Å². The second kappa shape index (κ2) is 5.61. The van der Waals surface area contributed by atoms with E-state index in [-0.39, 0.29) is 0 Å². The van der Waals surface area contributed by atoms with Gasteiger partial charge in [0.15, 0.2) is 0 Å². The molecule has 1 heterocycles. The zero-order valence-electron chi connectivity index (χ0n) is 11.4.